The van der Waals surface area contributed by atoms with Gasteiger partial charge in [0, 0.05) is 23.4 Å². The average molecular weight is 262 g/mol. The van der Waals surface area contributed by atoms with Crippen molar-refractivity contribution in [3.05, 3.63) is 53.1 Å². The van der Waals surface area contributed by atoms with E-state index in [4.69, 9.17) is 22.1 Å². The molecule has 0 atom stereocenters. The molecule has 0 aromatic heterocycles. The van der Waals surface area contributed by atoms with E-state index in [0.717, 1.165) is 24.2 Å². The Kier molecular flexibility index (Phi) is 4.24. The molecule has 94 valence electrons. The second-order valence-electron chi connectivity index (χ2n) is 4.17. The summed E-state index contributed by atoms with van der Waals surface area (Å²) in [5.74, 6) is 0. The summed E-state index contributed by atoms with van der Waals surface area (Å²) >= 11 is 5.89. The van der Waals surface area contributed by atoms with Gasteiger partial charge in [-0.3, -0.25) is 0 Å². The zero-order valence-corrected chi connectivity index (χ0v) is 11.1. The number of anilines is 1. The summed E-state index contributed by atoms with van der Waals surface area (Å²) in [5, 5.41) is 0.660. The van der Waals surface area contributed by atoms with Crippen LogP contribution in [0.1, 0.15) is 5.56 Å². The molecule has 0 bridgehead atoms. The van der Waals surface area contributed by atoms with E-state index in [0.29, 0.717) is 10.7 Å². The molecule has 2 nitrogen and oxygen atoms in total. The number of rotatable bonds is 4. The fraction of sp³-hybridized carbons (Fsp3) is 0.200. The molecule has 0 unspecified atom stereocenters. The first-order chi connectivity index (χ1) is 8.70. The van der Waals surface area contributed by atoms with E-state index in [2.05, 4.69) is 24.3 Å². The second-order valence-corrected chi connectivity index (χ2v) is 4.61. The normalized spacial score (nSPS) is 10.6. The lowest BCUT2D eigenvalue weighted by Crippen LogP contribution is -1.94. The van der Waals surface area contributed by atoms with E-state index in [1.807, 2.05) is 12.1 Å². The van der Waals surface area contributed by atoms with Crippen molar-refractivity contribution in [1.82, 2.24) is 0 Å². The number of benzene rings is 2. The van der Waals surface area contributed by atoms with Crippen LogP contribution in [-0.2, 0) is 11.2 Å². The molecule has 0 heterocycles. The van der Waals surface area contributed by atoms with E-state index in [1.54, 1.807) is 13.2 Å². The molecule has 2 aromatic rings. The maximum Gasteiger partial charge on any atom is 0.0502 e. The maximum atomic E-state index is 5.97. The van der Waals surface area contributed by atoms with Gasteiger partial charge < -0.3 is 10.5 Å². The fourth-order valence-electron chi connectivity index (χ4n) is 1.87. The predicted octanol–water partition coefficient (Wildman–Crippen LogP) is 3.78. The van der Waals surface area contributed by atoms with Crippen molar-refractivity contribution in [3.63, 3.8) is 0 Å². The highest BCUT2D eigenvalue weighted by Crippen LogP contribution is 2.28. The van der Waals surface area contributed by atoms with Gasteiger partial charge in [0.1, 0.15) is 0 Å². The van der Waals surface area contributed by atoms with Crippen molar-refractivity contribution < 1.29 is 4.74 Å². The second kappa shape index (κ2) is 5.89. The van der Waals surface area contributed by atoms with E-state index in [-0.39, 0.29) is 0 Å². The molecule has 2 N–H and O–H groups in total. The van der Waals surface area contributed by atoms with Crippen LogP contribution in [0.15, 0.2) is 42.5 Å². The monoisotopic (exact) mass is 261 g/mol. The third-order valence-corrected chi connectivity index (χ3v) is 3.11. The summed E-state index contributed by atoms with van der Waals surface area (Å²) in [4.78, 5) is 0. The van der Waals surface area contributed by atoms with Gasteiger partial charge in [0.25, 0.3) is 0 Å². The molecule has 3 heteroatoms. The number of nitrogens with two attached hydrogens (primary N) is 1. The van der Waals surface area contributed by atoms with Gasteiger partial charge in [0.2, 0.25) is 0 Å². The van der Waals surface area contributed by atoms with Crippen LogP contribution in [0.4, 0.5) is 5.69 Å². The number of halogens is 1. The lowest BCUT2D eigenvalue weighted by Gasteiger charge is -2.07. The van der Waals surface area contributed by atoms with Crippen LogP contribution in [-0.4, -0.2) is 13.7 Å². The minimum absolute atomic E-state index is 0.660. The number of nitrogen functional groups attached to an aromatic ring is 1. The summed E-state index contributed by atoms with van der Waals surface area (Å²) in [6.07, 6.45) is 0.923. The van der Waals surface area contributed by atoms with Crippen molar-refractivity contribution >= 4 is 17.3 Å². The quantitative estimate of drug-likeness (QED) is 0.850. The van der Waals surface area contributed by atoms with Gasteiger partial charge in [-0.25, -0.2) is 0 Å². The van der Waals surface area contributed by atoms with E-state index in [9.17, 15) is 0 Å². The zero-order chi connectivity index (χ0) is 13.0. The van der Waals surface area contributed by atoms with Crippen LogP contribution >= 0.6 is 11.6 Å². The van der Waals surface area contributed by atoms with Gasteiger partial charge in [0.05, 0.1) is 6.61 Å². The first-order valence-electron chi connectivity index (χ1n) is 5.84. The summed E-state index contributed by atoms with van der Waals surface area (Å²) in [7, 11) is 1.71. The molecule has 0 spiro atoms. The largest absolute Gasteiger partial charge is 0.398 e. The van der Waals surface area contributed by atoms with Gasteiger partial charge in [-0.05, 0) is 29.7 Å². The Morgan fingerprint density at radius 1 is 1.11 bits per heavy atom. The van der Waals surface area contributed by atoms with Crippen molar-refractivity contribution in [3.8, 4) is 11.1 Å². The van der Waals surface area contributed by atoms with Gasteiger partial charge in [-0.2, -0.15) is 0 Å². The Bertz CT molecular complexity index is 523. The van der Waals surface area contributed by atoms with Crippen molar-refractivity contribution in [2.45, 2.75) is 6.42 Å². The Morgan fingerprint density at radius 2 is 1.83 bits per heavy atom. The Balaban J connectivity index is 2.23. The highest BCUT2D eigenvalue weighted by molar-refractivity contribution is 6.31. The molecule has 0 aliphatic carbocycles. The summed E-state index contributed by atoms with van der Waals surface area (Å²) in [6.45, 7) is 0.739. The number of methoxy groups -OCH3 is 1. The van der Waals surface area contributed by atoms with Gasteiger partial charge in [-0.15, -0.1) is 0 Å². The highest BCUT2D eigenvalue weighted by atomic mass is 35.5. The van der Waals surface area contributed by atoms with Gasteiger partial charge in [0.15, 0.2) is 0 Å². The third-order valence-electron chi connectivity index (χ3n) is 2.87. The number of ether oxygens (including phenoxy) is 1. The van der Waals surface area contributed by atoms with E-state index >= 15 is 0 Å². The summed E-state index contributed by atoms with van der Waals surface area (Å²) < 4.78 is 5.06. The van der Waals surface area contributed by atoms with E-state index in [1.165, 1.54) is 5.56 Å². The van der Waals surface area contributed by atoms with Crippen molar-refractivity contribution in [1.29, 1.82) is 0 Å². The SMILES string of the molecule is COCCc1ccc(-c2ccc(Cl)cc2N)cc1. The van der Waals surface area contributed by atoms with Crippen LogP contribution < -0.4 is 5.73 Å². The van der Waals surface area contributed by atoms with Crippen molar-refractivity contribution in [2.75, 3.05) is 19.5 Å². The van der Waals surface area contributed by atoms with Crippen LogP contribution in [0.25, 0.3) is 11.1 Å². The molecular formula is C15H16ClNO. The van der Waals surface area contributed by atoms with E-state index < -0.39 is 0 Å². The maximum absolute atomic E-state index is 5.97. The Morgan fingerprint density at radius 3 is 2.44 bits per heavy atom. The molecule has 0 aliphatic heterocycles. The zero-order valence-electron chi connectivity index (χ0n) is 10.3. The molecule has 2 aromatic carbocycles. The van der Waals surface area contributed by atoms with Crippen LogP contribution in [0.3, 0.4) is 0 Å². The molecular weight excluding hydrogens is 246 g/mol. The summed E-state index contributed by atoms with van der Waals surface area (Å²) in [5.41, 5.74) is 10.0. The molecule has 0 saturated heterocycles. The smallest absolute Gasteiger partial charge is 0.0502 e. The standard InChI is InChI=1S/C15H16ClNO/c1-18-9-8-11-2-4-12(5-3-11)14-7-6-13(16)10-15(14)17/h2-7,10H,8-9,17H2,1H3. The number of hydrogen-bond donors (Lipinski definition) is 1. The first-order valence-corrected chi connectivity index (χ1v) is 6.22. The topological polar surface area (TPSA) is 35.2 Å². The van der Waals surface area contributed by atoms with Gasteiger partial charge in [-0.1, -0.05) is 41.9 Å². The minimum atomic E-state index is 0.660. The minimum Gasteiger partial charge on any atom is -0.398 e. The predicted molar refractivity (Wildman–Crippen MR) is 76.9 cm³/mol. The molecule has 2 rings (SSSR count). The van der Waals surface area contributed by atoms with Crippen molar-refractivity contribution in [2.24, 2.45) is 0 Å². The molecule has 0 saturated carbocycles. The molecule has 0 radical (unpaired) electrons. The van der Waals surface area contributed by atoms with Crippen LogP contribution in [0.5, 0.6) is 0 Å². The number of hydrogen-bond acceptors (Lipinski definition) is 2. The average Bonchev–Trinajstić information content (AvgIpc) is 2.37. The Labute approximate surface area is 112 Å². The van der Waals surface area contributed by atoms with Gasteiger partial charge >= 0.3 is 0 Å². The molecule has 0 fully saturated rings. The lowest BCUT2D eigenvalue weighted by molar-refractivity contribution is 0.202. The highest BCUT2D eigenvalue weighted by Gasteiger charge is 2.03. The summed E-state index contributed by atoms with van der Waals surface area (Å²) in [6, 6.07) is 13.9. The van der Waals surface area contributed by atoms with Crippen LogP contribution in [0.2, 0.25) is 5.02 Å². The third kappa shape index (κ3) is 3.03. The molecule has 18 heavy (non-hydrogen) atoms. The Hall–Kier alpha value is -1.51. The van der Waals surface area contributed by atoms with Crippen LogP contribution in [0, 0.1) is 0 Å². The first kappa shape index (κ1) is 12.9. The fourth-order valence-corrected chi connectivity index (χ4v) is 2.05. The molecule has 0 aliphatic rings. The lowest BCUT2D eigenvalue weighted by atomic mass is 10.0. The molecule has 0 amide bonds.